The number of aromatic amines is 1. The van der Waals surface area contributed by atoms with E-state index in [4.69, 9.17) is 0 Å². The number of aromatic nitrogens is 2. The lowest BCUT2D eigenvalue weighted by molar-refractivity contribution is 0.509. The van der Waals surface area contributed by atoms with Gasteiger partial charge in [0.25, 0.3) is 0 Å². The van der Waals surface area contributed by atoms with Gasteiger partial charge in [-0.25, -0.2) is 8.78 Å². The molecule has 0 aliphatic carbocycles. The van der Waals surface area contributed by atoms with Gasteiger partial charge in [0, 0.05) is 5.56 Å². The summed E-state index contributed by atoms with van der Waals surface area (Å²) in [6, 6.07) is 3.74. The Morgan fingerprint density at radius 1 is 1.24 bits per heavy atom. The number of hydrogen-bond donors (Lipinski definition) is 1. The molecule has 1 N–H and O–H groups in total. The van der Waals surface area contributed by atoms with Gasteiger partial charge in [0.2, 0.25) is 0 Å². The van der Waals surface area contributed by atoms with E-state index in [9.17, 15) is 8.78 Å². The standard InChI is InChI=1S/C12H11BrF2N2/c1-6(2)11-10(13)12(17-16-11)7-3-4-8(14)9(15)5-7/h3-6H,1-2H3,(H,16,17). The van der Waals surface area contributed by atoms with Gasteiger partial charge in [-0.15, -0.1) is 0 Å². The summed E-state index contributed by atoms with van der Waals surface area (Å²) in [7, 11) is 0. The number of halogens is 3. The summed E-state index contributed by atoms with van der Waals surface area (Å²) in [5.41, 5.74) is 2.07. The van der Waals surface area contributed by atoms with E-state index in [0.717, 1.165) is 22.3 Å². The van der Waals surface area contributed by atoms with E-state index in [2.05, 4.69) is 26.1 Å². The van der Waals surface area contributed by atoms with Gasteiger partial charge in [0.1, 0.15) is 5.69 Å². The van der Waals surface area contributed by atoms with Crippen LogP contribution in [-0.4, -0.2) is 10.2 Å². The summed E-state index contributed by atoms with van der Waals surface area (Å²) in [6.07, 6.45) is 0. The number of nitrogens with one attached hydrogen (secondary N) is 1. The first-order chi connectivity index (χ1) is 8.00. The fraction of sp³-hybridized carbons (Fsp3) is 0.250. The van der Waals surface area contributed by atoms with Crippen LogP contribution in [0, 0.1) is 11.6 Å². The van der Waals surface area contributed by atoms with Crippen LogP contribution in [0.2, 0.25) is 0 Å². The zero-order chi connectivity index (χ0) is 12.6. The highest BCUT2D eigenvalue weighted by Gasteiger charge is 2.15. The fourth-order valence-corrected chi connectivity index (χ4v) is 2.42. The first-order valence-corrected chi connectivity index (χ1v) is 5.99. The average Bonchev–Trinajstić information content (AvgIpc) is 2.64. The molecule has 1 heterocycles. The molecule has 0 aliphatic heterocycles. The van der Waals surface area contributed by atoms with Crippen LogP contribution in [-0.2, 0) is 0 Å². The smallest absolute Gasteiger partial charge is 0.159 e. The first-order valence-electron chi connectivity index (χ1n) is 5.20. The molecular formula is C12H11BrF2N2. The van der Waals surface area contributed by atoms with Crippen LogP contribution in [0.3, 0.4) is 0 Å². The first kappa shape index (κ1) is 12.2. The molecule has 17 heavy (non-hydrogen) atoms. The van der Waals surface area contributed by atoms with Gasteiger partial charge < -0.3 is 0 Å². The number of nitrogens with zero attached hydrogens (tertiary/aromatic N) is 1. The molecule has 1 aromatic carbocycles. The quantitative estimate of drug-likeness (QED) is 0.883. The van der Waals surface area contributed by atoms with E-state index >= 15 is 0 Å². The Labute approximate surface area is 106 Å². The van der Waals surface area contributed by atoms with Crippen molar-refractivity contribution in [2.24, 2.45) is 0 Å². The van der Waals surface area contributed by atoms with Crippen LogP contribution < -0.4 is 0 Å². The summed E-state index contributed by atoms with van der Waals surface area (Å²) < 4.78 is 26.8. The topological polar surface area (TPSA) is 28.7 Å². The van der Waals surface area contributed by atoms with Crippen molar-refractivity contribution in [3.8, 4) is 11.3 Å². The maximum atomic E-state index is 13.1. The molecule has 90 valence electrons. The monoisotopic (exact) mass is 300 g/mol. The van der Waals surface area contributed by atoms with E-state index in [-0.39, 0.29) is 5.92 Å². The average molecular weight is 301 g/mol. The van der Waals surface area contributed by atoms with Gasteiger partial charge in [0.15, 0.2) is 11.6 Å². The van der Waals surface area contributed by atoms with Gasteiger partial charge in [0.05, 0.1) is 10.2 Å². The summed E-state index contributed by atoms with van der Waals surface area (Å²) in [5.74, 6) is -1.45. The van der Waals surface area contributed by atoms with Crippen LogP contribution in [0.15, 0.2) is 22.7 Å². The van der Waals surface area contributed by atoms with Gasteiger partial charge >= 0.3 is 0 Å². The van der Waals surface area contributed by atoms with Crippen LogP contribution in [0.5, 0.6) is 0 Å². The van der Waals surface area contributed by atoms with E-state index in [0.29, 0.717) is 11.3 Å². The minimum absolute atomic E-state index is 0.274. The molecule has 0 aliphatic rings. The Morgan fingerprint density at radius 3 is 2.47 bits per heavy atom. The minimum Gasteiger partial charge on any atom is -0.281 e. The van der Waals surface area contributed by atoms with Crippen molar-refractivity contribution in [2.75, 3.05) is 0 Å². The van der Waals surface area contributed by atoms with Gasteiger partial charge in [-0.2, -0.15) is 5.10 Å². The summed E-state index contributed by atoms with van der Waals surface area (Å²) >= 11 is 3.42. The predicted molar refractivity (Wildman–Crippen MR) is 65.7 cm³/mol. The maximum Gasteiger partial charge on any atom is 0.159 e. The third-order valence-corrected chi connectivity index (χ3v) is 3.31. The third-order valence-electron chi connectivity index (χ3n) is 2.50. The molecule has 0 amide bonds. The highest BCUT2D eigenvalue weighted by molar-refractivity contribution is 9.10. The van der Waals surface area contributed by atoms with Crippen LogP contribution in [0.25, 0.3) is 11.3 Å². The molecule has 0 bridgehead atoms. The lowest BCUT2D eigenvalue weighted by Crippen LogP contribution is -1.88. The summed E-state index contributed by atoms with van der Waals surface area (Å²) in [6.45, 7) is 4.04. The van der Waals surface area contributed by atoms with Crippen molar-refractivity contribution in [3.63, 3.8) is 0 Å². The number of hydrogen-bond acceptors (Lipinski definition) is 1. The second kappa shape index (κ2) is 4.56. The van der Waals surface area contributed by atoms with Crippen molar-refractivity contribution >= 4 is 15.9 Å². The summed E-state index contributed by atoms with van der Waals surface area (Å²) in [4.78, 5) is 0. The number of rotatable bonds is 2. The fourth-order valence-electron chi connectivity index (χ4n) is 1.56. The second-order valence-electron chi connectivity index (χ2n) is 4.08. The number of benzene rings is 1. The lowest BCUT2D eigenvalue weighted by atomic mass is 10.1. The Hall–Kier alpha value is -1.23. The highest BCUT2D eigenvalue weighted by atomic mass is 79.9. The van der Waals surface area contributed by atoms with Gasteiger partial charge in [-0.05, 0) is 40.0 Å². The molecule has 5 heteroatoms. The molecule has 1 aromatic heterocycles. The Morgan fingerprint density at radius 2 is 1.94 bits per heavy atom. The Bertz CT molecular complexity index is 549. The number of H-pyrrole nitrogens is 1. The molecule has 2 nitrogen and oxygen atoms in total. The molecule has 2 rings (SSSR count). The van der Waals surface area contributed by atoms with Crippen LogP contribution in [0.4, 0.5) is 8.78 Å². The predicted octanol–water partition coefficient (Wildman–Crippen LogP) is 4.24. The Kier molecular flexibility index (Phi) is 3.28. The van der Waals surface area contributed by atoms with Gasteiger partial charge in [-0.1, -0.05) is 13.8 Å². The SMILES string of the molecule is CC(C)c1[nH]nc(-c2ccc(F)c(F)c2)c1Br. The Balaban J connectivity index is 2.50. The van der Waals surface area contributed by atoms with Crippen molar-refractivity contribution in [1.29, 1.82) is 0 Å². The van der Waals surface area contributed by atoms with E-state index < -0.39 is 11.6 Å². The van der Waals surface area contributed by atoms with Crippen LogP contribution in [0.1, 0.15) is 25.5 Å². The zero-order valence-corrected chi connectivity index (χ0v) is 11.0. The van der Waals surface area contributed by atoms with Crippen molar-refractivity contribution in [1.82, 2.24) is 10.2 Å². The molecule has 0 fully saturated rings. The molecular weight excluding hydrogens is 290 g/mol. The molecule has 0 saturated carbocycles. The molecule has 0 saturated heterocycles. The largest absolute Gasteiger partial charge is 0.281 e. The van der Waals surface area contributed by atoms with E-state index in [1.54, 1.807) is 0 Å². The third kappa shape index (κ3) is 2.24. The van der Waals surface area contributed by atoms with Crippen molar-refractivity contribution in [3.05, 3.63) is 40.0 Å². The second-order valence-corrected chi connectivity index (χ2v) is 4.88. The molecule has 0 unspecified atom stereocenters. The summed E-state index contributed by atoms with van der Waals surface area (Å²) in [5, 5.41) is 7.01. The molecule has 2 aromatic rings. The van der Waals surface area contributed by atoms with E-state index in [1.807, 2.05) is 13.8 Å². The highest BCUT2D eigenvalue weighted by Crippen LogP contribution is 2.32. The van der Waals surface area contributed by atoms with Crippen LogP contribution >= 0.6 is 15.9 Å². The minimum atomic E-state index is -0.872. The van der Waals surface area contributed by atoms with Gasteiger partial charge in [-0.3, -0.25) is 5.10 Å². The molecule has 0 spiro atoms. The molecule has 0 radical (unpaired) electrons. The lowest BCUT2D eigenvalue weighted by Gasteiger charge is -2.02. The van der Waals surface area contributed by atoms with Crippen molar-refractivity contribution in [2.45, 2.75) is 19.8 Å². The zero-order valence-electron chi connectivity index (χ0n) is 9.39. The van der Waals surface area contributed by atoms with Crippen molar-refractivity contribution < 1.29 is 8.78 Å². The molecule has 0 atom stereocenters. The maximum absolute atomic E-state index is 13.1. The normalized spacial score (nSPS) is 11.2. The van der Waals surface area contributed by atoms with E-state index in [1.165, 1.54) is 6.07 Å².